The average molecular weight is 336 g/mol. The summed E-state index contributed by atoms with van der Waals surface area (Å²) in [5.41, 5.74) is 6.41. The summed E-state index contributed by atoms with van der Waals surface area (Å²) in [5.74, 6) is 0. The van der Waals surface area contributed by atoms with Gasteiger partial charge in [0.1, 0.15) is 5.49 Å². The Hall–Kier alpha value is -3.13. The van der Waals surface area contributed by atoms with Gasteiger partial charge < -0.3 is 4.57 Å². The van der Waals surface area contributed by atoms with Crippen LogP contribution < -0.4 is 5.49 Å². The van der Waals surface area contributed by atoms with E-state index in [1.807, 2.05) is 6.07 Å². The van der Waals surface area contributed by atoms with Crippen LogP contribution in [0.2, 0.25) is 0 Å². The average Bonchev–Trinajstić information content (AvgIpc) is 3.17. The van der Waals surface area contributed by atoms with Crippen LogP contribution in [-0.2, 0) is 13.0 Å². The number of nitrogens with zero attached hydrogens (tertiary/aromatic N) is 1. The Morgan fingerprint density at radius 1 is 0.731 bits per heavy atom. The van der Waals surface area contributed by atoms with E-state index in [2.05, 4.69) is 77.4 Å². The van der Waals surface area contributed by atoms with Crippen LogP contribution in [0.4, 0.5) is 0 Å². The maximum Gasteiger partial charge on any atom is 0.133 e. The summed E-state index contributed by atoms with van der Waals surface area (Å²) in [6.45, 7) is 0.948. The molecule has 0 saturated carbocycles. The molecule has 5 rings (SSSR count). The maximum absolute atomic E-state index is 8.93. The first-order valence-corrected chi connectivity index (χ1v) is 9.17. The van der Waals surface area contributed by atoms with Crippen molar-refractivity contribution in [1.29, 1.82) is 5.41 Å². The molecule has 26 heavy (non-hydrogen) atoms. The van der Waals surface area contributed by atoms with E-state index < -0.39 is 0 Å². The number of aryl methyl sites for hydroxylation is 1. The van der Waals surface area contributed by atoms with E-state index in [1.165, 1.54) is 27.6 Å². The van der Waals surface area contributed by atoms with Gasteiger partial charge in [-0.3, -0.25) is 5.41 Å². The zero-order chi connectivity index (χ0) is 17.5. The highest BCUT2D eigenvalue weighted by Gasteiger charge is 2.18. The van der Waals surface area contributed by atoms with Gasteiger partial charge in [0, 0.05) is 17.8 Å². The molecule has 2 nitrogen and oxygen atoms in total. The molecule has 0 bridgehead atoms. The number of benzene rings is 3. The van der Waals surface area contributed by atoms with E-state index in [1.54, 1.807) is 0 Å². The number of aromatic nitrogens is 1. The number of nitrogens with one attached hydrogen (secondary N) is 1. The highest BCUT2D eigenvalue weighted by Crippen LogP contribution is 2.33. The number of pyridine rings is 1. The molecule has 0 radical (unpaired) electrons. The molecule has 2 heterocycles. The van der Waals surface area contributed by atoms with Gasteiger partial charge in [0.15, 0.2) is 0 Å². The molecular weight excluding hydrogens is 316 g/mol. The zero-order valence-electron chi connectivity index (χ0n) is 14.6. The summed E-state index contributed by atoms with van der Waals surface area (Å²) in [5, 5.41) is 11.4. The Bertz CT molecular complexity index is 1170. The van der Waals surface area contributed by atoms with Crippen molar-refractivity contribution in [2.75, 3.05) is 0 Å². The molecule has 126 valence electrons. The highest BCUT2D eigenvalue weighted by atomic mass is 15.0. The zero-order valence-corrected chi connectivity index (χ0v) is 14.6. The maximum atomic E-state index is 8.93. The summed E-state index contributed by atoms with van der Waals surface area (Å²) in [6, 6.07) is 27.7. The summed E-state index contributed by atoms with van der Waals surface area (Å²) >= 11 is 0. The molecule has 1 aliphatic heterocycles. The Morgan fingerprint density at radius 2 is 1.50 bits per heavy atom. The lowest BCUT2D eigenvalue weighted by Gasteiger charge is -2.16. The van der Waals surface area contributed by atoms with Crippen molar-refractivity contribution >= 4 is 10.8 Å². The Labute approximate surface area is 152 Å². The monoisotopic (exact) mass is 336 g/mol. The molecule has 0 fully saturated rings. The summed E-state index contributed by atoms with van der Waals surface area (Å²) in [4.78, 5) is 0. The van der Waals surface area contributed by atoms with Crippen LogP contribution in [0.3, 0.4) is 0 Å². The first kappa shape index (κ1) is 15.2. The van der Waals surface area contributed by atoms with Crippen LogP contribution in [0.1, 0.15) is 12.1 Å². The predicted octanol–water partition coefficient (Wildman–Crippen LogP) is 5.40. The van der Waals surface area contributed by atoms with Crippen LogP contribution in [0.25, 0.3) is 33.0 Å². The molecule has 3 aromatic carbocycles. The van der Waals surface area contributed by atoms with E-state index >= 15 is 0 Å². The second-order valence-electron chi connectivity index (χ2n) is 6.96. The van der Waals surface area contributed by atoms with Gasteiger partial charge in [-0.2, -0.15) is 0 Å². The molecular formula is C24H20N2. The van der Waals surface area contributed by atoms with Crippen molar-refractivity contribution in [2.24, 2.45) is 0 Å². The lowest BCUT2D eigenvalue weighted by Crippen LogP contribution is -2.22. The third-order valence-corrected chi connectivity index (χ3v) is 5.37. The lowest BCUT2D eigenvalue weighted by molar-refractivity contribution is 0.702. The Balaban J connectivity index is 1.83. The molecule has 2 heteroatoms. The van der Waals surface area contributed by atoms with Gasteiger partial charge in [-0.1, -0.05) is 66.7 Å². The molecule has 0 saturated heterocycles. The van der Waals surface area contributed by atoms with Crippen molar-refractivity contribution in [2.45, 2.75) is 19.4 Å². The van der Waals surface area contributed by atoms with Crippen molar-refractivity contribution in [3.8, 4) is 22.3 Å². The van der Waals surface area contributed by atoms with Crippen LogP contribution in [0.15, 0.2) is 78.9 Å². The van der Waals surface area contributed by atoms with Crippen LogP contribution in [0.5, 0.6) is 0 Å². The minimum atomic E-state index is 0.633. The SMILES string of the molecule is N=c1c(-c2ccc3ccccc3c2)c(-c2ccccc2)cc2n1CCC2. The van der Waals surface area contributed by atoms with Gasteiger partial charge in [-0.25, -0.2) is 0 Å². The lowest BCUT2D eigenvalue weighted by atomic mass is 9.93. The molecule has 0 unspecified atom stereocenters. The van der Waals surface area contributed by atoms with Crippen molar-refractivity contribution < 1.29 is 0 Å². The van der Waals surface area contributed by atoms with Gasteiger partial charge in [0.05, 0.1) is 0 Å². The molecule has 0 atom stereocenters. The van der Waals surface area contributed by atoms with E-state index in [0.29, 0.717) is 5.49 Å². The van der Waals surface area contributed by atoms with E-state index in [0.717, 1.165) is 30.5 Å². The fraction of sp³-hybridized carbons (Fsp3) is 0.125. The molecule has 1 aromatic heterocycles. The number of rotatable bonds is 2. The molecule has 1 N–H and O–H groups in total. The minimum Gasteiger partial charge on any atom is -0.330 e. The standard InChI is InChI=1S/C24H20N2/c25-24-23(20-13-12-17-7-4-5-10-19(17)15-20)22(18-8-2-1-3-9-18)16-21-11-6-14-26(21)24/h1-5,7-10,12-13,15-16,25H,6,11,14H2. The third kappa shape index (κ3) is 2.38. The van der Waals surface area contributed by atoms with Gasteiger partial charge in [-0.05, 0) is 52.4 Å². The first-order valence-electron chi connectivity index (χ1n) is 9.17. The molecule has 0 spiro atoms. The normalized spacial score (nSPS) is 13.1. The highest BCUT2D eigenvalue weighted by molar-refractivity contribution is 5.91. The van der Waals surface area contributed by atoms with Crippen LogP contribution >= 0.6 is 0 Å². The quantitative estimate of drug-likeness (QED) is 0.508. The second-order valence-corrected chi connectivity index (χ2v) is 6.96. The van der Waals surface area contributed by atoms with Gasteiger partial charge in [0.2, 0.25) is 0 Å². The van der Waals surface area contributed by atoms with E-state index in [4.69, 9.17) is 5.41 Å². The third-order valence-electron chi connectivity index (χ3n) is 5.37. The Kier molecular flexibility index (Phi) is 3.49. The van der Waals surface area contributed by atoms with Gasteiger partial charge in [0.25, 0.3) is 0 Å². The second kappa shape index (κ2) is 5.99. The smallest absolute Gasteiger partial charge is 0.133 e. The predicted molar refractivity (Wildman–Crippen MR) is 107 cm³/mol. The Morgan fingerprint density at radius 3 is 2.35 bits per heavy atom. The van der Waals surface area contributed by atoms with Gasteiger partial charge >= 0.3 is 0 Å². The summed E-state index contributed by atoms with van der Waals surface area (Å²) < 4.78 is 2.18. The van der Waals surface area contributed by atoms with Crippen LogP contribution in [-0.4, -0.2) is 4.57 Å². The largest absolute Gasteiger partial charge is 0.330 e. The van der Waals surface area contributed by atoms with Crippen molar-refractivity contribution in [1.82, 2.24) is 4.57 Å². The number of fused-ring (bicyclic) bond motifs is 2. The van der Waals surface area contributed by atoms with Crippen LogP contribution in [0, 0.1) is 5.41 Å². The minimum absolute atomic E-state index is 0.633. The van der Waals surface area contributed by atoms with E-state index in [9.17, 15) is 0 Å². The molecule has 1 aliphatic rings. The van der Waals surface area contributed by atoms with E-state index in [-0.39, 0.29) is 0 Å². The van der Waals surface area contributed by atoms with Crippen molar-refractivity contribution in [3.63, 3.8) is 0 Å². The van der Waals surface area contributed by atoms with Crippen molar-refractivity contribution in [3.05, 3.63) is 90.0 Å². The molecule has 0 amide bonds. The number of hydrogen-bond acceptors (Lipinski definition) is 1. The first-order chi connectivity index (χ1) is 12.8. The van der Waals surface area contributed by atoms with Gasteiger partial charge in [-0.15, -0.1) is 0 Å². The fourth-order valence-corrected chi connectivity index (χ4v) is 4.09. The molecule has 0 aliphatic carbocycles. The summed E-state index contributed by atoms with van der Waals surface area (Å²) in [6.07, 6.45) is 2.19. The topological polar surface area (TPSA) is 28.8 Å². The number of hydrogen-bond donors (Lipinski definition) is 1. The molecule has 4 aromatic rings. The summed E-state index contributed by atoms with van der Waals surface area (Å²) in [7, 11) is 0. The fourth-order valence-electron chi connectivity index (χ4n) is 4.09.